The molecule has 2 atom stereocenters. The second-order valence-corrected chi connectivity index (χ2v) is 9.56. The van der Waals surface area contributed by atoms with E-state index in [-0.39, 0.29) is 55.4 Å². The zero-order chi connectivity index (χ0) is 24.6. The Hall–Kier alpha value is -3.21. The molecule has 11 heteroatoms. The van der Waals surface area contributed by atoms with Gasteiger partial charge >= 0.3 is 6.01 Å². The number of rotatable bonds is 9. The number of anilines is 1. The fourth-order valence-electron chi connectivity index (χ4n) is 4.47. The van der Waals surface area contributed by atoms with Gasteiger partial charge < -0.3 is 14.7 Å². The van der Waals surface area contributed by atoms with Crippen molar-refractivity contribution >= 4 is 22.6 Å². The SMILES string of the molecule is C[C@H](CO)CC(=O)c1cc(N2CCC(c3[nH]nc4ncccc34)CC2)nc(OCC2CC2(F)F)n1. The van der Waals surface area contributed by atoms with Gasteiger partial charge in [-0.15, -0.1) is 0 Å². The number of aromatic amines is 1. The van der Waals surface area contributed by atoms with E-state index < -0.39 is 11.8 Å². The lowest BCUT2D eigenvalue weighted by atomic mass is 9.92. The number of piperidine rings is 1. The summed E-state index contributed by atoms with van der Waals surface area (Å²) in [5.41, 5.74) is 1.93. The molecule has 1 aliphatic carbocycles. The fraction of sp³-hybridized carbons (Fsp3) is 0.542. The number of fused-ring (bicyclic) bond motifs is 1. The molecule has 0 spiro atoms. The molecular formula is C24H28F2N6O3. The standard InChI is InChI=1S/C24H28F2N6O3/c1-14(12-33)9-19(34)18-10-20(29-23(28-18)35-13-16-11-24(16,25)26)32-7-4-15(5-8-32)21-17-3-2-6-27-22(17)31-30-21/h2-3,6,10,14-16,33H,4-5,7-9,11-13H2,1H3,(H,27,30,31)/t14-,16?/m0/s1. The van der Waals surface area contributed by atoms with Crippen LogP contribution in [0.4, 0.5) is 14.6 Å². The van der Waals surface area contributed by atoms with Gasteiger partial charge in [0.15, 0.2) is 11.4 Å². The van der Waals surface area contributed by atoms with E-state index in [1.807, 2.05) is 12.1 Å². The van der Waals surface area contributed by atoms with Gasteiger partial charge in [0.25, 0.3) is 5.92 Å². The Labute approximate surface area is 200 Å². The number of aromatic nitrogens is 5. The molecule has 1 saturated carbocycles. The molecule has 186 valence electrons. The number of H-pyrrole nitrogens is 1. The summed E-state index contributed by atoms with van der Waals surface area (Å²) >= 11 is 0. The Morgan fingerprint density at radius 3 is 2.83 bits per heavy atom. The topological polar surface area (TPSA) is 117 Å². The number of nitrogens with one attached hydrogen (secondary N) is 1. The lowest BCUT2D eigenvalue weighted by Crippen LogP contribution is -2.34. The number of hydrogen-bond donors (Lipinski definition) is 2. The second kappa shape index (κ2) is 9.44. The average molecular weight is 487 g/mol. The maximum absolute atomic E-state index is 13.3. The van der Waals surface area contributed by atoms with Crippen LogP contribution in [0.15, 0.2) is 24.4 Å². The molecule has 3 aromatic heterocycles. The Morgan fingerprint density at radius 2 is 2.11 bits per heavy atom. The molecule has 0 bridgehead atoms. The number of pyridine rings is 1. The van der Waals surface area contributed by atoms with Crippen LogP contribution >= 0.6 is 0 Å². The van der Waals surface area contributed by atoms with E-state index in [2.05, 4.69) is 30.0 Å². The van der Waals surface area contributed by atoms with Crippen molar-refractivity contribution in [3.8, 4) is 6.01 Å². The summed E-state index contributed by atoms with van der Waals surface area (Å²) in [5.74, 6) is -3.21. The van der Waals surface area contributed by atoms with Crippen LogP contribution in [0.1, 0.15) is 54.7 Å². The molecule has 35 heavy (non-hydrogen) atoms. The summed E-state index contributed by atoms with van der Waals surface area (Å²) in [6.07, 6.45) is 3.31. The third-order valence-corrected chi connectivity index (χ3v) is 6.78. The first-order valence-corrected chi connectivity index (χ1v) is 11.9. The third kappa shape index (κ3) is 5.09. The van der Waals surface area contributed by atoms with Gasteiger partial charge in [0.05, 0.1) is 5.92 Å². The van der Waals surface area contributed by atoms with Crippen molar-refractivity contribution in [2.75, 3.05) is 31.2 Å². The molecule has 5 rings (SSSR count). The lowest BCUT2D eigenvalue weighted by molar-refractivity contribution is 0.0837. The smallest absolute Gasteiger partial charge is 0.319 e. The van der Waals surface area contributed by atoms with Crippen molar-refractivity contribution in [1.29, 1.82) is 0 Å². The molecule has 4 heterocycles. The second-order valence-electron chi connectivity index (χ2n) is 9.56. The van der Waals surface area contributed by atoms with Crippen molar-refractivity contribution in [3.63, 3.8) is 0 Å². The van der Waals surface area contributed by atoms with Crippen LogP contribution in [0.5, 0.6) is 6.01 Å². The van der Waals surface area contributed by atoms with E-state index in [1.165, 1.54) is 0 Å². The summed E-state index contributed by atoms with van der Waals surface area (Å²) in [7, 11) is 0. The highest BCUT2D eigenvalue weighted by Crippen LogP contribution is 2.48. The van der Waals surface area contributed by atoms with E-state index in [0.717, 1.165) is 23.9 Å². The molecule has 2 N–H and O–H groups in total. The Kier molecular flexibility index (Phi) is 6.35. The van der Waals surface area contributed by atoms with Crippen LogP contribution in [0.3, 0.4) is 0 Å². The molecule has 1 saturated heterocycles. The molecule has 0 amide bonds. The van der Waals surface area contributed by atoms with Gasteiger partial charge in [0, 0.05) is 61.8 Å². The van der Waals surface area contributed by atoms with Gasteiger partial charge in [-0.25, -0.2) is 13.8 Å². The van der Waals surface area contributed by atoms with Crippen LogP contribution in [-0.2, 0) is 0 Å². The normalized spacial score (nSPS) is 20.7. The van der Waals surface area contributed by atoms with E-state index in [4.69, 9.17) is 4.74 Å². The molecule has 1 aliphatic heterocycles. The van der Waals surface area contributed by atoms with Gasteiger partial charge in [-0.2, -0.15) is 15.1 Å². The van der Waals surface area contributed by atoms with Crippen LogP contribution in [0.2, 0.25) is 0 Å². The van der Waals surface area contributed by atoms with Gasteiger partial charge in [0.2, 0.25) is 0 Å². The summed E-state index contributed by atoms with van der Waals surface area (Å²) in [6.45, 7) is 2.83. The van der Waals surface area contributed by atoms with Gasteiger partial charge in [-0.1, -0.05) is 6.92 Å². The minimum Gasteiger partial charge on any atom is -0.463 e. The first-order valence-electron chi connectivity index (χ1n) is 11.9. The van der Waals surface area contributed by atoms with Crippen LogP contribution < -0.4 is 9.64 Å². The Balaban J connectivity index is 1.32. The molecule has 0 radical (unpaired) electrons. The number of carbonyl (C=O) groups is 1. The number of nitrogens with zero attached hydrogens (tertiary/aromatic N) is 5. The van der Waals surface area contributed by atoms with Crippen LogP contribution in [0, 0.1) is 11.8 Å². The number of ether oxygens (including phenoxy) is 1. The molecule has 2 aliphatic rings. The number of alkyl halides is 2. The monoisotopic (exact) mass is 486 g/mol. The first-order chi connectivity index (χ1) is 16.8. The molecule has 1 unspecified atom stereocenters. The molecule has 2 fully saturated rings. The van der Waals surface area contributed by atoms with Crippen molar-refractivity contribution in [1.82, 2.24) is 25.1 Å². The van der Waals surface area contributed by atoms with Gasteiger partial charge in [0.1, 0.15) is 18.1 Å². The van der Waals surface area contributed by atoms with Crippen molar-refractivity contribution < 1.29 is 23.4 Å². The largest absolute Gasteiger partial charge is 0.463 e. The van der Waals surface area contributed by atoms with Gasteiger partial charge in [-0.05, 0) is 30.9 Å². The third-order valence-electron chi connectivity index (χ3n) is 6.78. The van der Waals surface area contributed by atoms with Gasteiger partial charge in [-0.3, -0.25) is 9.89 Å². The van der Waals surface area contributed by atoms with Crippen molar-refractivity contribution in [2.24, 2.45) is 11.8 Å². The van der Waals surface area contributed by atoms with E-state index >= 15 is 0 Å². The van der Waals surface area contributed by atoms with E-state index in [1.54, 1.807) is 19.2 Å². The molecule has 3 aromatic rings. The summed E-state index contributed by atoms with van der Waals surface area (Å²) in [4.78, 5) is 27.8. The quantitative estimate of drug-likeness (QED) is 0.442. The predicted octanol–water partition coefficient (Wildman–Crippen LogP) is 3.37. The summed E-state index contributed by atoms with van der Waals surface area (Å²) < 4.78 is 32.1. The minimum absolute atomic E-state index is 0.0713. The first kappa shape index (κ1) is 23.5. The number of ketones is 1. The summed E-state index contributed by atoms with van der Waals surface area (Å²) in [6, 6.07) is 5.46. The maximum atomic E-state index is 13.3. The zero-order valence-electron chi connectivity index (χ0n) is 19.5. The number of aliphatic hydroxyl groups is 1. The number of aliphatic hydroxyl groups excluding tert-OH is 1. The summed E-state index contributed by atoms with van der Waals surface area (Å²) in [5, 5.41) is 17.8. The van der Waals surface area contributed by atoms with Crippen LogP contribution in [-0.4, -0.2) is 68.3 Å². The zero-order valence-corrected chi connectivity index (χ0v) is 19.5. The molecular weight excluding hydrogens is 458 g/mol. The molecule has 9 nitrogen and oxygen atoms in total. The fourth-order valence-corrected chi connectivity index (χ4v) is 4.47. The average Bonchev–Trinajstić information content (AvgIpc) is 3.27. The number of halogens is 2. The number of carbonyl (C=O) groups excluding carboxylic acids is 1. The highest BCUT2D eigenvalue weighted by molar-refractivity contribution is 5.95. The minimum atomic E-state index is -2.71. The highest BCUT2D eigenvalue weighted by atomic mass is 19.3. The van der Waals surface area contributed by atoms with Crippen molar-refractivity contribution in [2.45, 2.75) is 44.4 Å². The van der Waals surface area contributed by atoms with Crippen molar-refractivity contribution in [3.05, 3.63) is 35.8 Å². The lowest BCUT2D eigenvalue weighted by Gasteiger charge is -2.32. The van der Waals surface area contributed by atoms with Crippen LogP contribution in [0.25, 0.3) is 11.0 Å². The highest BCUT2D eigenvalue weighted by Gasteiger charge is 2.57. The Morgan fingerprint density at radius 1 is 1.34 bits per heavy atom. The van der Waals surface area contributed by atoms with E-state index in [0.29, 0.717) is 24.6 Å². The Bertz CT molecular complexity index is 1210. The number of hydrogen-bond acceptors (Lipinski definition) is 8. The molecule has 0 aromatic carbocycles. The maximum Gasteiger partial charge on any atom is 0.319 e. The van der Waals surface area contributed by atoms with E-state index in [9.17, 15) is 18.7 Å². The number of Topliss-reactive ketones (excluding diaryl/α,β-unsaturated/α-hetero) is 1. The predicted molar refractivity (Wildman–Crippen MR) is 124 cm³/mol.